The Labute approximate surface area is 75.4 Å². The minimum Gasteiger partial charge on any atom is -0.547 e. The van der Waals surface area contributed by atoms with E-state index in [0.717, 1.165) is 11.3 Å². The summed E-state index contributed by atoms with van der Waals surface area (Å²) in [4.78, 5) is 0. The molecule has 1 rings (SSSR count). The van der Waals surface area contributed by atoms with Crippen LogP contribution in [0.5, 0.6) is 5.75 Å². The SMILES string of the molecule is C=Cc1ccccc1O[SiH](C)C. The van der Waals surface area contributed by atoms with E-state index in [4.69, 9.17) is 4.43 Å². The number of hydrogen-bond acceptors (Lipinski definition) is 1. The van der Waals surface area contributed by atoms with Gasteiger partial charge in [-0.3, -0.25) is 0 Å². The quantitative estimate of drug-likeness (QED) is 0.647. The fraction of sp³-hybridized carbons (Fsp3) is 0.200. The second-order valence-corrected chi connectivity index (χ2v) is 5.24. The van der Waals surface area contributed by atoms with Crippen molar-refractivity contribution in [3.63, 3.8) is 0 Å². The Morgan fingerprint density at radius 1 is 1.33 bits per heavy atom. The molecule has 64 valence electrons. The average Bonchev–Trinajstić information content (AvgIpc) is 2.04. The molecule has 0 saturated carbocycles. The Kier molecular flexibility index (Phi) is 3.11. The van der Waals surface area contributed by atoms with Gasteiger partial charge in [-0.2, -0.15) is 0 Å². The zero-order valence-electron chi connectivity index (χ0n) is 7.58. The lowest BCUT2D eigenvalue weighted by Gasteiger charge is -2.11. The van der Waals surface area contributed by atoms with Gasteiger partial charge in [-0.15, -0.1) is 0 Å². The van der Waals surface area contributed by atoms with Gasteiger partial charge in [0.15, 0.2) is 0 Å². The maximum absolute atomic E-state index is 5.70. The van der Waals surface area contributed by atoms with Crippen LogP contribution in [-0.2, 0) is 0 Å². The monoisotopic (exact) mass is 178 g/mol. The lowest BCUT2D eigenvalue weighted by Crippen LogP contribution is -2.11. The molecule has 0 unspecified atom stereocenters. The van der Waals surface area contributed by atoms with E-state index in [1.165, 1.54) is 0 Å². The highest BCUT2D eigenvalue weighted by atomic mass is 28.3. The summed E-state index contributed by atoms with van der Waals surface area (Å²) in [6, 6.07) is 7.98. The number of para-hydroxylation sites is 1. The van der Waals surface area contributed by atoms with Crippen molar-refractivity contribution in [2.75, 3.05) is 0 Å². The maximum Gasteiger partial charge on any atom is 0.229 e. The topological polar surface area (TPSA) is 9.23 Å². The average molecular weight is 178 g/mol. The first-order chi connectivity index (χ1) is 5.74. The standard InChI is InChI=1S/C10H14OSi/c1-4-9-7-5-6-8-10(9)11-12(2)3/h4-8,12H,1H2,2-3H3. The molecule has 0 aliphatic rings. The second kappa shape index (κ2) is 4.12. The summed E-state index contributed by atoms with van der Waals surface area (Å²) in [5, 5.41) is 0. The minimum atomic E-state index is -0.987. The fourth-order valence-corrected chi connectivity index (χ4v) is 1.73. The van der Waals surface area contributed by atoms with E-state index < -0.39 is 9.04 Å². The molecule has 1 aromatic rings. The van der Waals surface area contributed by atoms with E-state index in [1.54, 1.807) is 0 Å². The Hall–Kier alpha value is -1.02. The zero-order chi connectivity index (χ0) is 8.97. The third-order valence-corrected chi connectivity index (χ3v) is 2.23. The Morgan fingerprint density at radius 3 is 2.58 bits per heavy atom. The van der Waals surface area contributed by atoms with E-state index in [0.29, 0.717) is 0 Å². The van der Waals surface area contributed by atoms with Gasteiger partial charge < -0.3 is 4.43 Å². The van der Waals surface area contributed by atoms with Crippen LogP contribution < -0.4 is 4.43 Å². The number of benzene rings is 1. The van der Waals surface area contributed by atoms with Crippen LogP contribution in [0.2, 0.25) is 13.1 Å². The second-order valence-electron chi connectivity index (χ2n) is 2.91. The Balaban J connectivity index is 2.89. The van der Waals surface area contributed by atoms with Crippen molar-refractivity contribution in [2.45, 2.75) is 13.1 Å². The van der Waals surface area contributed by atoms with Crippen LogP contribution in [0, 0.1) is 0 Å². The maximum atomic E-state index is 5.70. The van der Waals surface area contributed by atoms with Crippen LogP contribution in [-0.4, -0.2) is 9.04 Å². The Bertz CT molecular complexity index is 268. The number of rotatable bonds is 3. The van der Waals surface area contributed by atoms with Crippen LogP contribution in [0.25, 0.3) is 6.08 Å². The molecule has 2 heteroatoms. The summed E-state index contributed by atoms with van der Waals surface area (Å²) in [5.74, 6) is 0.967. The van der Waals surface area contributed by atoms with Crippen molar-refractivity contribution in [1.29, 1.82) is 0 Å². The van der Waals surface area contributed by atoms with Gasteiger partial charge in [-0.05, 0) is 19.2 Å². The van der Waals surface area contributed by atoms with Gasteiger partial charge in [-0.25, -0.2) is 0 Å². The van der Waals surface area contributed by atoms with Crippen LogP contribution in [0.4, 0.5) is 0 Å². The van der Waals surface area contributed by atoms with E-state index in [2.05, 4.69) is 19.7 Å². The highest BCUT2D eigenvalue weighted by Gasteiger charge is 2.01. The predicted octanol–water partition coefficient (Wildman–Crippen LogP) is 2.69. The van der Waals surface area contributed by atoms with E-state index in [9.17, 15) is 0 Å². The molecule has 0 heterocycles. The lowest BCUT2D eigenvalue weighted by atomic mass is 10.2. The van der Waals surface area contributed by atoms with Crippen LogP contribution in [0.1, 0.15) is 5.56 Å². The van der Waals surface area contributed by atoms with Gasteiger partial charge in [0.25, 0.3) is 0 Å². The molecular formula is C10H14OSi. The third kappa shape index (κ3) is 2.24. The van der Waals surface area contributed by atoms with E-state index in [1.807, 2.05) is 30.3 Å². The predicted molar refractivity (Wildman–Crippen MR) is 56.0 cm³/mol. The molecule has 0 radical (unpaired) electrons. The van der Waals surface area contributed by atoms with Gasteiger partial charge in [0, 0.05) is 5.56 Å². The van der Waals surface area contributed by atoms with Gasteiger partial charge >= 0.3 is 0 Å². The molecule has 0 N–H and O–H groups in total. The van der Waals surface area contributed by atoms with Crippen molar-refractivity contribution in [3.05, 3.63) is 36.4 Å². The molecule has 0 aliphatic heterocycles. The van der Waals surface area contributed by atoms with Crippen LogP contribution >= 0.6 is 0 Å². The summed E-state index contributed by atoms with van der Waals surface area (Å²) in [6.07, 6.45) is 1.83. The smallest absolute Gasteiger partial charge is 0.229 e. The minimum absolute atomic E-state index is 0.967. The van der Waals surface area contributed by atoms with Crippen LogP contribution in [0.3, 0.4) is 0 Å². The molecule has 0 aliphatic carbocycles. The summed E-state index contributed by atoms with van der Waals surface area (Å²) in [7, 11) is -0.987. The highest BCUT2D eigenvalue weighted by molar-refractivity contribution is 6.49. The summed E-state index contributed by atoms with van der Waals surface area (Å²) < 4.78 is 5.70. The molecule has 0 saturated heterocycles. The highest BCUT2D eigenvalue weighted by Crippen LogP contribution is 2.19. The largest absolute Gasteiger partial charge is 0.547 e. The van der Waals surface area contributed by atoms with Crippen LogP contribution in [0.15, 0.2) is 30.8 Å². The first-order valence-corrected chi connectivity index (χ1v) is 6.90. The van der Waals surface area contributed by atoms with E-state index in [-0.39, 0.29) is 0 Å². The van der Waals surface area contributed by atoms with Gasteiger partial charge in [-0.1, -0.05) is 30.9 Å². The van der Waals surface area contributed by atoms with Gasteiger partial charge in [0.1, 0.15) is 5.75 Å². The first-order valence-electron chi connectivity index (χ1n) is 4.12. The molecule has 0 amide bonds. The van der Waals surface area contributed by atoms with E-state index >= 15 is 0 Å². The summed E-state index contributed by atoms with van der Waals surface area (Å²) in [6.45, 7) is 8.04. The first kappa shape index (κ1) is 9.07. The molecule has 1 aromatic carbocycles. The normalized spacial score (nSPS) is 9.92. The Morgan fingerprint density at radius 2 is 2.00 bits per heavy atom. The molecule has 0 bridgehead atoms. The third-order valence-electron chi connectivity index (χ3n) is 1.50. The number of hydrogen-bond donors (Lipinski definition) is 0. The molecule has 0 atom stereocenters. The molecule has 0 fully saturated rings. The fourth-order valence-electron chi connectivity index (χ4n) is 1.01. The van der Waals surface area contributed by atoms with Crippen molar-refractivity contribution >= 4 is 15.1 Å². The molecule has 1 nitrogen and oxygen atoms in total. The van der Waals surface area contributed by atoms with Gasteiger partial charge in [0.2, 0.25) is 9.04 Å². The molecule has 0 aromatic heterocycles. The van der Waals surface area contributed by atoms with Gasteiger partial charge in [0.05, 0.1) is 0 Å². The summed E-state index contributed by atoms with van der Waals surface area (Å²) in [5.41, 5.74) is 1.08. The van der Waals surface area contributed by atoms with Crippen molar-refractivity contribution in [1.82, 2.24) is 0 Å². The van der Waals surface area contributed by atoms with Crippen molar-refractivity contribution in [3.8, 4) is 5.75 Å². The van der Waals surface area contributed by atoms with Crippen molar-refractivity contribution < 1.29 is 4.43 Å². The zero-order valence-corrected chi connectivity index (χ0v) is 8.73. The summed E-state index contributed by atoms with van der Waals surface area (Å²) >= 11 is 0. The molecule has 0 spiro atoms. The lowest BCUT2D eigenvalue weighted by molar-refractivity contribution is 0.579. The molecular weight excluding hydrogens is 164 g/mol. The molecule has 12 heavy (non-hydrogen) atoms. The van der Waals surface area contributed by atoms with Crippen molar-refractivity contribution in [2.24, 2.45) is 0 Å².